The summed E-state index contributed by atoms with van der Waals surface area (Å²) < 4.78 is 0. The van der Waals surface area contributed by atoms with E-state index in [0.29, 0.717) is 6.42 Å². The van der Waals surface area contributed by atoms with Crippen LogP contribution in [-0.2, 0) is 21.4 Å². The van der Waals surface area contributed by atoms with Crippen molar-refractivity contribution in [3.8, 4) is 0 Å². The summed E-state index contributed by atoms with van der Waals surface area (Å²) in [6.07, 6.45) is 1.31. The number of rotatable bonds is 2. The maximum Gasteiger partial charge on any atom is 0.307 e. The van der Waals surface area contributed by atoms with Gasteiger partial charge < -0.3 is 10.4 Å². The molecule has 2 N–H and O–H groups in total. The summed E-state index contributed by atoms with van der Waals surface area (Å²) in [6.45, 7) is 2.04. The van der Waals surface area contributed by atoms with Crippen LogP contribution in [0, 0.1) is 5.92 Å². The van der Waals surface area contributed by atoms with Gasteiger partial charge in [-0.05, 0) is 30.0 Å². The van der Waals surface area contributed by atoms with Crippen molar-refractivity contribution in [3.63, 3.8) is 0 Å². The van der Waals surface area contributed by atoms with Gasteiger partial charge in [0.25, 0.3) is 0 Å². The van der Waals surface area contributed by atoms with Crippen molar-refractivity contribution < 1.29 is 14.7 Å². The summed E-state index contributed by atoms with van der Waals surface area (Å²) in [5.41, 5.74) is 1.99. The molecule has 2 atom stereocenters. The minimum absolute atomic E-state index is 0.159. The normalized spacial score (nSPS) is 29.0. The molecule has 17 heavy (non-hydrogen) atoms. The summed E-state index contributed by atoms with van der Waals surface area (Å²) in [4.78, 5) is 23.0. The van der Waals surface area contributed by atoms with Gasteiger partial charge in [0, 0.05) is 5.69 Å². The second kappa shape index (κ2) is 3.09. The molecule has 1 aliphatic carbocycles. The highest BCUT2D eigenvalue weighted by molar-refractivity contribution is 6.12. The van der Waals surface area contributed by atoms with Crippen LogP contribution in [0.1, 0.15) is 24.5 Å². The number of carbonyl (C=O) groups is 2. The minimum Gasteiger partial charge on any atom is -0.481 e. The van der Waals surface area contributed by atoms with Gasteiger partial charge in [-0.2, -0.15) is 0 Å². The van der Waals surface area contributed by atoms with Gasteiger partial charge in [-0.25, -0.2) is 0 Å². The molecule has 0 aromatic heterocycles. The number of fused-ring (bicyclic) bond motifs is 2. The van der Waals surface area contributed by atoms with Crippen LogP contribution in [0.5, 0.6) is 0 Å². The second-order valence-corrected chi connectivity index (χ2v) is 4.75. The SMILES string of the molecule is CCc1ccc2c(c1)C1(CC1C(=O)O)C(=O)N2. The van der Waals surface area contributed by atoms with Gasteiger partial charge >= 0.3 is 5.97 Å². The van der Waals surface area contributed by atoms with Gasteiger partial charge in [0.1, 0.15) is 0 Å². The zero-order valence-electron chi connectivity index (χ0n) is 9.49. The molecule has 0 saturated heterocycles. The Balaban J connectivity index is 2.11. The molecular formula is C13H13NO3. The number of anilines is 1. The molecule has 2 aliphatic rings. The van der Waals surface area contributed by atoms with Gasteiger partial charge in [-0.15, -0.1) is 0 Å². The number of hydrogen-bond acceptors (Lipinski definition) is 2. The predicted molar refractivity (Wildman–Crippen MR) is 61.9 cm³/mol. The third-order valence-corrected chi connectivity index (χ3v) is 3.89. The molecule has 4 heteroatoms. The molecule has 1 amide bonds. The molecule has 1 aromatic carbocycles. The first-order valence-electron chi connectivity index (χ1n) is 5.77. The molecular weight excluding hydrogens is 218 g/mol. The molecule has 0 radical (unpaired) electrons. The molecule has 4 nitrogen and oxygen atoms in total. The van der Waals surface area contributed by atoms with Crippen LogP contribution in [0.25, 0.3) is 0 Å². The van der Waals surface area contributed by atoms with Crippen LogP contribution < -0.4 is 5.32 Å². The zero-order chi connectivity index (χ0) is 12.2. The van der Waals surface area contributed by atoms with Crippen LogP contribution in [0.4, 0.5) is 5.69 Å². The predicted octanol–water partition coefficient (Wildman–Crippen LogP) is 1.54. The summed E-state index contributed by atoms with van der Waals surface area (Å²) >= 11 is 0. The Morgan fingerprint density at radius 1 is 1.59 bits per heavy atom. The zero-order valence-corrected chi connectivity index (χ0v) is 9.49. The minimum atomic E-state index is -0.880. The average Bonchev–Trinajstić information content (AvgIpc) is 2.99. The monoisotopic (exact) mass is 231 g/mol. The molecule has 1 spiro atoms. The van der Waals surface area contributed by atoms with Gasteiger partial charge in [-0.3, -0.25) is 9.59 Å². The standard InChI is InChI=1S/C13H13NO3/c1-2-7-3-4-10-8(5-7)13(12(17)14-10)6-9(13)11(15)16/h3-5,9H,2,6H2,1H3,(H,14,17)(H,15,16). The Morgan fingerprint density at radius 3 is 2.94 bits per heavy atom. The van der Waals surface area contributed by atoms with E-state index in [0.717, 1.165) is 23.2 Å². The van der Waals surface area contributed by atoms with E-state index in [9.17, 15) is 9.59 Å². The highest BCUT2D eigenvalue weighted by Gasteiger charge is 2.68. The van der Waals surface area contributed by atoms with Crippen molar-refractivity contribution in [2.24, 2.45) is 5.92 Å². The first-order chi connectivity index (χ1) is 8.09. The smallest absolute Gasteiger partial charge is 0.307 e. The van der Waals surface area contributed by atoms with E-state index in [4.69, 9.17) is 5.11 Å². The van der Waals surface area contributed by atoms with Gasteiger partial charge in [0.2, 0.25) is 5.91 Å². The number of aliphatic carboxylic acids is 1. The highest BCUT2D eigenvalue weighted by atomic mass is 16.4. The molecule has 3 rings (SSSR count). The number of carbonyl (C=O) groups excluding carboxylic acids is 1. The average molecular weight is 231 g/mol. The lowest BCUT2D eigenvalue weighted by molar-refractivity contribution is -0.140. The molecule has 2 unspecified atom stereocenters. The first kappa shape index (κ1) is 10.3. The van der Waals surface area contributed by atoms with E-state index >= 15 is 0 Å². The van der Waals surface area contributed by atoms with E-state index in [1.807, 2.05) is 25.1 Å². The van der Waals surface area contributed by atoms with E-state index < -0.39 is 17.3 Å². The Hall–Kier alpha value is -1.84. The Morgan fingerprint density at radius 2 is 2.35 bits per heavy atom. The summed E-state index contributed by atoms with van der Waals surface area (Å²) in [5.74, 6) is -1.60. The number of hydrogen-bond donors (Lipinski definition) is 2. The lowest BCUT2D eigenvalue weighted by atomic mass is 9.93. The van der Waals surface area contributed by atoms with Crippen molar-refractivity contribution in [3.05, 3.63) is 29.3 Å². The number of aryl methyl sites for hydroxylation is 1. The van der Waals surface area contributed by atoms with Crippen molar-refractivity contribution in [1.29, 1.82) is 0 Å². The fourth-order valence-corrected chi connectivity index (χ4v) is 2.76. The fraction of sp³-hybridized carbons (Fsp3) is 0.385. The third kappa shape index (κ3) is 1.18. The summed E-state index contributed by atoms with van der Waals surface area (Å²) in [7, 11) is 0. The number of nitrogens with one attached hydrogen (secondary N) is 1. The maximum atomic E-state index is 12.0. The lowest BCUT2D eigenvalue weighted by Crippen LogP contribution is -2.24. The van der Waals surface area contributed by atoms with Crippen molar-refractivity contribution in [1.82, 2.24) is 0 Å². The van der Waals surface area contributed by atoms with Gasteiger partial charge in [0.05, 0.1) is 11.3 Å². The van der Waals surface area contributed by atoms with E-state index in [-0.39, 0.29) is 5.91 Å². The quantitative estimate of drug-likeness (QED) is 0.811. The van der Waals surface area contributed by atoms with Crippen LogP contribution in [0.2, 0.25) is 0 Å². The fourth-order valence-electron chi connectivity index (χ4n) is 2.76. The van der Waals surface area contributed by atoms with Crippen molar-refractivity contribution >= 4 is 17.6 Å². The second-order valence-electron chi connectivity index (χ2n) is 4.75. The van der Waals surface area contributed by atoms with Gasteiger partial charge in [0.15, 0.2) is 0 Å². The molecule has 88 valence electrons. The molecule has 1 aromatic rings. The first-order valence-corrected chi connectivity index (χ1v) is 5.77. The molecule has 1 aliphatic heterocycles. The topological polar surface area (TPSA) is 66.4 Å². The van der Waals surface area contributed by atoms with Crippen LogP contribution in [0.3, 0.4) is 0 Å². The van der Waals surface area contributed by atoms with E-state index in [1.165, 1.54) is 0 Å². The largest absolute Gasteiger partial charge is 0.481 e. The molecule has 1 fully saturated rings. The van der Waals surface area contributed by atoms with Crippen LogP contribution >= 0.6 is 0 Å². The van der Waals surface area contributed by atoms with Gasteiger partial charge in [-0.1, -0.05) is 19.1 Å². The Labute approximate surface area is 98.6 Å². The lowest BCUT2D eigenvalue weighted by Gasteiger charge is -2.07. The summed E-state index contributed by atoms with van der Waals surface area (Å²) in [5, 5.41) is 11.9. The highest BCUT2D eigenvalue weighted by Crippen LogP contribution is 2.60. The van der Waals surface area contributed by atoms with Crippen molar-refractivity contribution in [2.45, 2.75) is 25.2 Å². The number of carboxylic acids is 1. The number of carboxylic acid groups (broad SMARTS) is 1. The Kier molecular flexibility index (Phi) is 1.88. The number of benzene rings is 1. The van der Waals surface area contributed by atoms with E-state index in [1.54, 1.807) is 0 Å². The maximum absolute atomic E-state index is 12.0. The Bertz CT molecular complexity index is 537. The van der Waals surface area contributed by atoms with Crippen LogP contribution in [-0.4, -0.2) is 17.0 Å². The summed E-state index contributed by atoms with van der Waals surface area (Å²) in [6, 6.07) is 5.81. The van der Waals surface area contributed by atoms with Crippen molar-refractivity contribution in [2.75, 3.05) is 5.32 Å². The van der Waals surface area contributed by atoms with Crippen LogP contribution in [0.15, 0.2) is 18.2 Å². The van der Waals surface area contributed by atoms with E-state index in [2.05, 4.69) is 5.32 Å². The molecule has 0 bridgehead atoms. The molecule has 1 saturated carbocycles. The third-order valence-electron chi connectivity index (χ3n) is 3.89. The molecule has 1 heterocycles. The number of amides is 1.